The van der Waals surface area contributed by atoms with Crippen LogP contribution in [0.2, 0.25) is 0 Å². The molecule has 4 heterocycles. The van der Waals surface area contributed by atoms with Gasteiger partial charge in [0.05, 0.1) is 23.5 Å². The third-order valence-corrected chi connectivity index (χ3v) is 4.92. The van der Waals surface area contributed by atoms with Crippen LogP contribution in [0.1, 0.15) is 24.3 Å². The lowest BCUT2D eigenvalue weighted by molar-refractivity contribution is 0.342. The van der Waals surface area contributed by atoms with Crippen molar-refractivity contribution in [2.75, 3.05) is 18.4 Å². The van der Waals surface area contributed by atoms with Gasteiger partial charge in [0.25, 0.3) is 0 Å². The number of fused-ring (bicyclic) bond motifs is 1. The lowest BCUT2D eigenvalue weighted by Crippen LogP contribution is -2.29. The van der Waals surface area contributed by atoms with Crippen LogP contribution >= 0.6 is 0 Å². The third kappa shape index (κ3) is 2.74. The summed E-state index contributed by atoms with van der Waals surface area (Å²) in [6, 6.07) is 5.46. The van der Waals surface area contributed by atoms with Crippen molar-refractivity contribution in [3.05, 3.63) is 42.4 Å². The quantitative estimate of drug-likeness (QED) is 0.765. The average Bonchev–Trinajstić information content (AvgIpc) is 3.28. The summed E-state index contributed by atoms with van der Waals surface area (Å²) in [5.74, 6) is 1.31. The molecule has 0 spiro atoms. The first-order valence-corrected chi connectivity index (χ1v) is 8.70. The minimum Gasteiger partial charge on any atom is -0.363 e. The topological polar surface area (TPSA) is 67.1 Å². The molecule has 7 heteroatoms. The molecule has 1 aliphatic heterocycles. The van der Waals surface area contributed by atoms with Crippen molar-refractivity contribution in [1.82, 2.24) is 24.9 Å². The lowest BCUT2D eigenvalue weighted by Gasteiger charge is -2.15. The molecule has 1 saturated carbocycles. The number of hydrogen-bond acceptors (Lipinski definition) is 5. The number of halogens is 1. The summed E-state index contributed by atoms with van der Waals surface area (Å²) in [5.41, 5.74) is 3.70. The van der Waals surface area contributed by atoms with Crippen molar-refractivity contribution in [1.29, 1.82) is 0 Å². The summed E-state index contributed by atoms with van der Waals surface area (Å²) < 4.78 is 15.6. The van der Waals surface area contributed by atoms with Crippen molar-refractivity contribution in [3.8, 4) is 11.3 Å². The summed E-state index contributed by atoms with van der Waals surface area (Å²) in [6.45, 7) is 0.994. The Morgan fingerprint density at radius 2 is 2.12 bits per heavy atom. The van der Waals surface area contributed by atoms with Crippen LogP contribution in [0.25, 0.3) is 16.9 Å². The second-order valence-electron chi connectivity index (χ2n) is 6.82. The van der Waals surface area contributed by atoms with E-state index in [1.807, 2.05) is 28.9 Å². The molecule has 0 radical (unpaired) electrons. The van der Waals surface area contributed by atoms with Crippen LogP contribution in [0.3, 0.4) is 0 Å². The first-order valence-electron chi connectivity index (χ1n) is 8.70. The molecule has 25 heavy (non-hydrogen) atoms. The largest absolute Gasteiger partial charge is 0.363 e. The number of nitrogens with one attached hydrogen (secondary N) is 2. The molecule has 6 nitrogen and oxygen atoms in total. The van der Waals surface area contributed by atoms with Crippen LogP contribution < -0.4 is 10.6 Å². The van der Waals surface area contributed by atoms with Crippen molar-refractivity contribution in [2.24, 2.45) is 0 Å². The molecule has 0 aromatic carbocycles. The number of hydrogen-bond donors (Lipinski definition) is 2. The Morgan fingerprint density at radius 3 is 2.92 bits per heavy atom. The van der Waals surface area contributed by atoms with Crippen LogP contribution in [0, 0.1) is 0 Å². The molecule has 0 bridgehead atoms. The van der Waals surface area contributed by atoms with Crippen molar-refractivity contribution < 1.29 is 4.39 Å². The van der Waals surface area contributed by atoms with E-state index in [0.29, 0.717) is 24.8 Å². The van der Waals surface area contributed by atoms with Crippen molar-refractivity contribution in [3.63, 3.8) is 0 Å². The van der Waals surface area contributed by atoms with Gasteiger partial charge >= 0.3 is 0 Å². The van der Waals surface area contributed by atoms with Crippen molar-refractivity contribution >= 4 is 11.5 Å². The Bertz CT molecular complexity index is 919. The zero-order chi connectivity index (χ0) is 16.8. The molecule has 3 aromatic rings. The molecule has 5 rings (SSSR count). The summed E-state index contributed by atoms with van der Waals surface area (Å²) in [4.78, 5) is 9.23. The zero-order valence-electron chi connectivity index (χ0n) is 13.7. The van der Waals surface area contributed by atoms with Gasteiger partial charge in [0.15, 0.2) is 5.65 Å². The number of anilines is 1. The highest BCUT2D eigenvalue weighted by molar-refractivity contribution is 5.75. The normalized spacial score (nSPS) is 23.2. The maximum Gasteiger partial charge on any atom is 0.164 e. The summed E-state index contributed by atoms with van der Waals surface area (Å²) >= 11 is 0. The van der Waals surface area contributed by atoms with Gasteiger partial charge in [-0.15, -0.1) is 0 Å². The Labute approximate surface area is 144 Å². The molecular weight excluding hydrogens is 319 g/mol. The van der Waals surface area contributed by atoms with E-state index in [4.69, 9.17) is 0 Å². The third-order valence-electron chi connectivity index (χ3n) is 4.92. The minimum absolute atomic E-state index is 0.245. The maximum absolute atomic E-state index is 13.8. The molecule has 128 valence electrons. The van der Waals surface area contributed by atoms with E-state index in [1.165, 1.54) is 18.4 Å². The van der Waals surface area contributed by atoms with Gasteiger partial charge in [-0.2, -0.15) is 5.10 Å². The van der Waals surface area contributed by atoms with E-state index in [-0.39, 0.29) is 6.04 Å². The van der Waals surface area contributed by atoms with E-state index in [1.54, 1.807) is 6.20 Å². The van der Waals surface area contributed by atoms with Gasteiger partial charge in [-0.1, -0.05) is 6.07 Å². The van der Waals surface area contributed by atoms with E-state index >= 15 is 0 Å². The monoisotopic (exact) mass is 338 g/mol. The van der Waals surface area contributed by atoms with Crippen LogP contribution in [0.5, 0.6) is 0 Å². The van der Waals surface area contributed by atoms with Crippen LogP contribution in [0.4, 0.5) is 10.2 Å². The molecule has 0 amide bonds. The smallest absolute Gasteiger partial charge is 0.164 e. The Hall–Kier alpha value is -2.54. The van der Waals surface area contributed by atoms with E-state index in [9.17, 15) is 4.39 Å². The lowest BCUT2D eigenvalue weighted by atomic mass is 10.2. The Balaban J connectivity index is 1.46. The highest BCUT2D eigenvalue weighted by atomic mass is 19.1. The van der Waals surface area contributed by atoms with E-state index in [2.05, 4.69) is 31.9 Å². The fourth-order valence-corrected chi connectivity index (χ4v) is 3.34. The second-order valence-corrected chi connectivity index (χ2v) is 6.82. The van der Waals surface area contributed by atoms with Gasteiger partial charge in [0.1, 0.15) is 12.0 Å². The summed E-state index contributed by atoms with van der Waals surface area (Å²) in [6.07, 6.45) is 7.37. The van der Waals surface area contributed by atoms with Crippen LogP contribution in [0.15, 0.2) is 36.8 Å². The van der Waals surface area contributed by atoms with Crippen molar-refractivity contribution in [2.45, 2.75) is 31.0 Å². The molecule has 2 atom stereocenters. The zero-order valence-corrected chi connectivity index (χ0v) is 13.7. The van der Waals surface area contributed by atoms with Gasteiger partial charge in [-0.3, -0.25) is 0 Å². The summed E-state index contributed by atoms with van der Waals surface area (Å²) in [7, 11) is 0. The number of rotatable bonds is 4. The minimum atomic E-state index is -0.898. The van der Waals surface area contributed by atoms with Gasteiger partial charge in [-0.25, -0.2) is 18.9 Å². The molecule has 0 unspecified atom stereocenters. The average molecular weight is 338 g/mol. The SMILES string of the molecule is F[C@H]1CNC[C@@H]1Nc1cccc(-c2cnn3cc(C4CC4)cnc23)n1. The number of nitrogens with zero attached hydrogens (tertiary/aromatic N) is 4. The number of pyridine rings is 1. The fourth-order valence-electron chi connectivity index (χ4n) is 3.34. The highest BCUT2D eigenvalue weighted by Crippen LogP contribution is 2.39. The predicted octanol–water partition coefficient (Wildman–Crippen LogP) is 2.39. The Kier molecular flexibility index (Phi) is 3.41. The number of aromatic nitrogens is 4. The maximum atomic E-state index is 13.8. The van der Waals surface area contributed by atoms with Crippen LogP contribution in [-0.4, -0.2) is 44.9 Å². The molecule has 2 fully saturated rings. The Morgan fingerprint density at radius 1 is 1.20 bits per heavy atom. The standard InChI is InChI=1S/C18H19FN6/c19-14-8-20-9-16(14)24-17-3-1-2-15(23-17)13-7-22-25-10-12(11-4-5-11)6-21-18(13)25/h1-3,6-7,10-11,14,16,20H,4-5,8-9H2,(H,23,24)/t14-,16-/m0/s1. The predicted molar refractivity (Wildman–Crippen MR) is 93.4 cm³/mol. The molecule has 1 saturated heterocycles. The van der Waals surface area contributed by atoms with E-state index in [0.717, 1.165) is 16.9 Å². The first-order chi connectivity index (χ1) is 12.3. The molecule has 1 aliphatic carbocycles. The molecular formula is C18H19FN6. The van der Waals surface area contributed by atoms with Crippen LogP contribution in [-0.2, 0) is 0 Å². The first kappa shape index (κ1) is 14.8. The summed E-state index contributed by atoms with van der Waals surface area (Å²) in [5, 5.41) is 10.7. The van der Waals surface area contributed by atoms with Gasteiger partial charge in [0, 0.05) is 25.5 Å². The van der Waals surface area contributed by atoms with Gasteiger partial charge < -0.3 is 10.6 Å². The van der Waals surface area contributed by atoms with E-state index < -0.39 is 6.17 Å². The fraction of sp³-hybridized carbons (Fsp3) is 0.389. The van der Waals surface area contributed by atoms with Gasteiger partial charge in [0.2, 0.25) is 0 Å². The number of alkyl halides is 1. The second kappa shape index (κ2) is 5.77. The van der Waals surface area contributed by atoms with Gasteiger partial charge in [-0.05, 0) is 36.5 Å². The highest BCUT2D eigenvalue weighted by Gasteiger charge is 2.27. The molecule has 3 aromatic heterocycles. The molecule has 2 N–H and O–H groups in total. The molecule has 2 aliphatic rings.